The van der Waals surface area contributed by atoms with Crippen molar-refractivity contribution in [2.75, 3.05) is 33.3 Å². The van der Waals surface area contributed by atoms with Crippen LogP contribution in [0.1, 0.15) is 11.6 Å². The van der Waals surface area contributed by atoms with Gasteiger partial charge in [-0.3, -0.25) is 4.90 Å². The smallest absolute Gasteiger partial charge is 0.408 e. The van der Waals surface area contributed by atoms with Crippen molar-refractivity contribution in [2.24, 2.45) is 0 Å². The van der Waals surface area contributed by atoms with Crippen molar-refractivity contribution in [3.05, 3.63) is 22.2 Å². The van der Waals surface area contributed by atoms with Gasteiger partial charge in [0.2, 0.25) is 0 Å². The molecule has 2 rings (SSSR count). The number of methoxy groups -OCH3 is 1. The zero-order chi connectivity index (χ0) is 15.6. The lowest BCUT2D eigenvalue weighted by Crippen LogP contribution is -2.49. The average molecular weight is 442 g/mol. The quantitative estimate of drug-likeness (QED) is 0.753. The zero-order valence-electron chi connectivity index (χ0n) is 12.2. The Labute approximate surface area is 153 Å². The fraction of sp³-hybridized carbons (Fsp3) is 0.538. The number of ether oxygens (including phenoxy) is 1. The summed E-state index contributed by atoms with van der Waals surface area (Å²) < 4.78 is 45.7. The van der Waals surface area contributed by atoms with Crippen molar-refractivity contribution in [3.8, 4) is 11.5 Å². The highest BCUT2D eigenvalue weighted by Crippen LogP contribution is 2.45. The maximum absolute atomic E-state index is 13.5. The van der Waals surface area contributed by atoms with E-state index in [1.807, 2.05) is 0 Å². The van der Waals surface area contributed by atoms with Crippen LogP contribution in [0.5, 0.6) is 11.5 Å². The van der Waals surface area contributed by atoms with Crippen molar-refractivity contribution in [1.82, 2.24) is 10.2 Å². The summed E-state index contributed by atoms with van der Waals surface area (Å²) in [5.41, 5.74) is -0.198. The summed E-state index contributed by atoms with van der Waals surface area (Å²) in [4.78, 5) is 1.32. The standard InChI is InChI=1S/C13H16BrF3N2O2.2ClH/c1-21-8-6-9(11(20)10(14)7-8)12(13(15,16)17)19-4-2-18-3-5-19;;/h6-7,12,18,20H,2-5H2,1H3;2*1H/t12-;;/m0../s1. The average Bonchev–Trinajstić information content (AvgIpc) is 2.43. The van der Waals surface area contributed by atoms with Crippen LogP contribution in [-0.4, -0.2) is 49.5 Å². The van der Waals surface area contributed by atoms with Crippen molar-refractivity contribution in [3.63, 3.8) is 0 Å². The lowest BCUT2D eigenvalue weighted by molar-refractivity contribution is -0.188. The SMILES string of the molecule is COc1cc(Br)c(O)c([C@H](N2CCNCC2)C(F)(F)F)c1.Cl.Cl. The first kappa shape index (κ1) is 22.6. The summed E-state index contributed by atoms with van der Waals surface area (Å²) in [6.07, 6.45) is -4.49. The predicted octanol–water partition coefficient (Wildman–Crippen LogP) is 3.52. The molecule has 0 saturated carbocycles. The molecule has 0 bridgehead atoms. The Hall–Kier alpha value is -0.410. The number of alkyl halides is 3. The molecule has 2 N–H and O–H groups in total. The Bertz CT molecular complexity index is 515. The van der Waals surface area contributed by atoms with Gasteiger partial charge in [0.25, 0.3) is 0 Å². The van der Waals surface area contributed by atoms with E-state index in [9.17, 15) is 18.3 Å². The monoisotopic (exact) mass is 440 g/mol. The van der Waals surface area contributed by atoms with Crippen LogP contribution < -0.4 is 10.1 Å². The number of rotatable bonds is 3. The highest BCUT2D eigenvalue weighted by molar-refractivity contribution is 9.10. The molecule has 0 amide bonds. The van der Waals surface area contributed by atoms with E-state index in [-0.39, 0.29) is 53.7 Å². The molecule has 0 radical (unpaired) electrons. The summed E-state index contributed by atoms with van der Waals surface area (Å²) in [6.45, 7) is 1.49. The molecule has 0 aromatic heterocycles. The third kappa shape index (κ3) is 5.29. The van der Waals surface area contributed by atoms with Gasteiger partial charge in [-0.15, -0.1) is 24.8 Å². The molecule has 0 unspecified atom stereocenters. The number of hydrogen-bond donors (Lipinski definition) is 2. The molecule has 1 fully saturated rings. The second kappa shape index (κ2) is 9.17. The molecule has 1 aromatic rings. The third-order valence-corrected chi connectivity index (χ3v) is 4.03. The summed E-state index contributed by atoms with van der Waals surface area (Å²) in [5.74, 6) is -0.143. The number of phenolic OH excluding ortho intramolecular Hbond substituents is 1. The van der Waals surface area contributed by atoms with Gasteiger partial charge in [-0.2, -0.15) is 13.2 Å². The second-order valence-electron chi connectivity index (χ2n) is 4.78. The molecular formula is C13H18BrCl2F3N2O2. The van der Waals surface area contributed by atoms with Gasteiger partial charge < -0.3 is 15.2 Å². The van der Waals surface area contributed by atoms with Gasteiger partial charge in [0.15, 0.2) is 0 Å². The van der Waals surface area contributed by atoms with E-state index in [0.29, 0.717) is 13.1 Å². The van der Waals surface area contributed by atoms with E-state index in [1.165, 1.54) is 24.1 Å². The number of nitrogens with one attached hydrogen (secondary N) is 1. The van der Waals surface area contributed by atoms with Gasteiger partial charge in [0.05, 0.1) is 11.6 Å². The minimum Gasteiger partial charge on any atom is -0.506 e. The molecule has 1 atom stereocenters. The number of piperazine rings is 1. The van der Waals surface area contributed by atoms with Crippen LogP contribution in [-0.2, 0) is 0 Å². The highest BCUT2D eigenvalue weighted by atomic mass is 79.9. The molecule has 0 aliphatic carbocycles. The molecule has 23 heavy (non-hydrogen) atoms. The molecule has 1 aliphatic heterocycles. The van der Waals surface area contributed by atoms with Crippen LogP contribution in [0.2, 0.25) is 0 Å². The fourth-order valence-electron chi connectivity index (χ4n) is 2.44. The first-order chi connectivity index (χ1) is 9.84. The molecule has 134 valence electrons. The molecule has 4 nitrogen and oxygen atoms in total. The minimum absolute atomic E-state index is 0. The Morgan fingerprint density at radius 1 is 1.26 bits per heavy atom. The van der Waals surface area contributed by atoms with Crippen molar-refractivity contribution < 1.29 is 23.0 Å². The zero-order valence-corrected chi connectivity index (χ0v) is 15.4. The summed E-state index contributed by atoms with van der Waals surface area (Å²) in [5, 5.41) is 13.1. The number of aromatic hydroxyl groups is 1. The van der Waals surface area contributed by atoms with Crippen LogP contribution in [0.4, 0.5) is 13.2 Å². The van der Waals surface area contributed by atoms with Crippen LogP contribution in [0, 0.1) is 0 Å². The Morgan fingerprint density at radius 2 is 1.83 bits per heavy atom. The number of nitrogens with zero attached hydrogens (tertiary/aromatic N) is 1. The first-order valence-electron chi connectivity index (χ1n) is 6.42. The highest BCUT2D eigenvalue weighted by Gasteiger charge is 2.46. The largest absolute Gasteiger partial charge is 0.506 e. The van der Waals surface area contributed by atoms with Gasteiger partial charge in [-0.1, -0.05) is 0 Å². The molecule has 0 spiro atoms. The molecular weight excluding hydrogens is 424 g/mol. The van der Waals surface area contributed by atoms with Crippen molar-refractivity contribution in [1.29, 1.82) is 0 Å². The predicted molar refractivity (Wildman–Crippen MR) is 90.1 cm³/mol. The number of phenols is 1. The van der Waals surface area contributed by atoms with Gasteiger partial charge in [0.1, 0.15) is 17.5 Å². The Kier molecular flexibility index (Phi) is 9.01. The normalized spacial score (nSPS) is 16.9. The Morgan fingerprint density at radius 3 is 2.30 bits per heavy atom. The van der Waals surface area contributed by atoms with Gasteiger partial charge in [-0.25, -0.2) is 0 Å². The summed E-state index contributed by atoms with van der Waals surface area (Å²) in [7, 11) is 1.37. The van der Waals surface area contributed by atoms with E-state index in [0.717, 1.165) is 0 Å². The number of halogens is 6. The molecule has 1 saturated heterocycles. The number of hydrogen-bond acceptors (Lipinski definition) is 4. The van der Waals surface area contributed by atoms with E-state index >= 15 is 0 Å². The van der Waals surface area contributed by atoms with E-state index < -0.39 is 18.0 Å². The number of benzene rings is 1. The van der Waals surface area contributed by atoms with Crippen LogP contribution in [0.25, 0.3) is 0 Å². The maximum Gasteiger partial charge on any atom is 0.408 e. The Balaban J connectivity index is 0.00000242. The van der Waals surface area contributed by atoms with Gasteiger partial charge in [0, 0.05) is 31.7 Å². The van der Waals surface area contributed by atoms with E-state index in [4.69, 9.17) is 4.74 Å². The van der Waals surface area contributed by atoms with Crippen molar-refractivity contribution >= 4 is 40.7 Å². The van der Waals surface area contributed by atoms with Crippen LogP contribution >= 0.6 is 40.7 Å². The topological polar surface area (TPSA) is 44.7 Å². The molecule has 1 aliphatic rings. The summed E-state index contributed by atoms with van der Waals surface area (Å²) >= 11 is 3.07. The van der Waals surface area contributed by atoms with E-state index in [1.54, 1.807) is 0 Å². The lowest BCUT2D eigenvalue weighted by Gasteiger charge is -2.36. The van der Waals surface area contributed by atoms with Crippen LogP contribution in [0.15, 0.2) is 16.6 Å². The van der Waals surface area contributed by atoms with Crippen molar-refractivity contribution in [2.45, 2.75) is 12.2 Å². The van der Waals surface area contributed by atoms with E-state index in [2.05, 4.69) is 21.2 Å². The fourth-order valence-corrected chi connectivity index (χ4v) is 2.90. The first-order valence-corrected chi connectivity index (χ1v) is 7.21. The molecule has 1 heterocycles. The van der Waals surface area contributed by atoms with Gasteiger partial charge >= 0.3 is 6.18 Å². The minimum atomic E-state index is -4.49. The molecule has 10 heteroatoms. The van der Waals surface area contributed by atoms with Crippen LogP contribution in [0.3, 0.4) is 0 Å². The van der Waals surface area contributed by atoms with Gasteiger partial charge in [-0.05, 0) is 28.1 Å². The third-order valence-electron chi connectivity index (χ3n) is 3.42. The lowest BCUT2D eigenvalue weighted by atomic mass is 10.0. The molecule has 1 aromatic carbocycles. The summed E-state index contributed by atoms with van der Waals surface area (Å²) in [6, 6.07) is 0.815. The maximum atomic E-state index is 13.5. The second-order valence-corrected chi connectivity index (χ2v) is 5.63.